The van der Waals surface area contributed by atoms with Crippen LogP contribution in [-0.4, -0.2) is 153 Å². The van der Waals surface area contributed by atoms with Crippen molar-refractivity contribution in [2.75, 3.05) is 66.5 Å². The number of allylic oxidation sites excluding steroid dienone is 3. The number of benzene rings is 2. The molecule has 0 saturated carbocycles. The average Bonchev–Trinajstić information content (AvgIpc) is 3.59. The molecule has 0 aliphatic carbocycles. The molecule has 3 unspecified atom stereocenters. The van der Waals surface area contributed by atoms with Crippen LogP contribution >= 0.6 is 0 Å². The van der Waals surface area contributed by atoms with Gasteiger partial charge in [0, 0.05) is 72.9 Å². The molecule has 0 saturated heterocycles. The lowest BCUT2D eigenvalue weighted by Crippen LogP contribution is -2.44. The van der Waals surface area contributed by atoms with Crippen LogP contribution in [-0.2, 0) is 80.6 Å². The zero-order valence-electron chi connectivity index (χ0n) is 40.7. The van der Waals surface area contributed by atoms with E-state index in [4.69, 9.17) is 5.73 Å². The van der Waals surface area contributed by atoms with Crippen LogP contribution in [0.1, 0.15) is 96.1 Å². The predicted octanol–water partition coefficient (Wildman–Crippen LogP) is 3.31. The van der Waals surface area contributed by atoms with Gasteiger partial charge in [-0.25, -0.2) is 16.8 Å². The Kier molecular flexibility index (Phi) is 19.7. The van der Waals surface area contributed by atoms with Gasteiger partial charge in [-0.2, -0.15) is 33.7 Å². The van der Waals surface area contributed by atoms with Gasteiger partial charge in [-0.3, -0.25) is 27.8 Å². The predicted molar refractivity (Wildman–Crippen MR) is 272 cm³/mol. The first kappa shape index (κ1) is 60.7. The summed E-state index contributed by atoms with van der Waals surface area (Å²) in [6, 6.07) is 8.21. The van der Waals surface area contributed by atoms with Crippen LogP contribution in [0.3, 0.4) is 0 Å². The Bertz CT molecular complexity index is 3070. The number of Topliss-reactive ketones (excluding diaryl/α,β-unsaturated/α-hetero) is 1. The Morgan fingerprint density at radius 1 is 0.722 bits per heavy atom. The third kappa shape index (κ3) is 16.1. The molecular weight excluding hydrogens is 1060 g/mol. The second-order valence-corrected chi connectivity index (χ2v) is 29.7. The number of carbonyl (C=O) groups is 2. The van der Waals surface area contributed by atoms with Crippen molar-refractivity contribution in [3.05, 3.63) is 71.5 Å². The minimum Gasteiger partial charge on any atom is -0.364 e. The van der Waals surface area contributed by atoms with E-state index in [2.05, 4.69) is 0 Å². The van der Waals surface area contributed by atoms with Crippen molar-refractivity contribution in [3.63, 3.8) is 0 Å². The largest absolute Gasteiger partial charge is 0.364 e. The van der Waals surface area contributed by atoms with Crippen molar-refractivity contribution in [2.24, 2.45) is 5.73 Å². The number of hydrogen-bond acceptors (Lipinski definition) is 17. The second kappa shape index (κ2) is 23.4. The van der Waals surface area contributed by atoms with E-state index in [1.54, 1.807) is 18.2 Å². The van der Waals surface area contributed by atoms with E-state index < -0.39 is 112 Å². The SMILES string of the molecule is CC1(C)/C(=C\C=C\C2N(CCCS(=O)(=O)O)c3ccc(S(=O)(=O)O)cc3C2(C)CCCCCC(=O)CN)N(CCCCC(=O)N(CCCS(=O)(=O)O)CC(S(C)(=O)=O)S(=O)(=O)O)c2ccc(S(C)(=O)=O)cc21. The number of carbonyl (C=O) groups excluding carboxylic acids is 2. The molecule has 2 aromatic rings. The van der Waals surface area contributed by atoms with E-state index >= 15 is 0 Å². The van der Waals surface area contributed by atoms with Gasteiger partial charge in [-0.05, 0) is 92.1 Å². The molecule has 0 bridgehead atoms. The van der Waals surface area contributed by atoms with Crippen LogP contribution in [0.15, 0.2) is 70.1 Å². The van der Waals surface area contributed by atoms with Crippen LogP contribution in [0.2, 0.25) is 0 Å². The maximum Gasteiger partial charge on any atom is 0.294 e. The fraction of sp³-hybridized carbons (Fsp3) is 0.591. The first-order valence-electron chi connectivity index (χ1n) is 22.9. The lowest BCUT2D eigenvalue weighted by Gasteiger charge is -2.35. The summed E-state index contributed by atoms with van der Waals surface area (Å²) in [6.07, 6.45) is 9.15. The molecule has 28 heteroatoms. The molecule has 0 radical (unpaired) electrons. The van der Waals surface area contributed by atoms with Crippen LogP contribution in [0.25, 0.3) is 0 Å². The number of hydrogen-bond donors (Lipinski definition) is 5. The van der Waals surface area contributed by atoms with Gasteiger partial charge < -0.3 is 20.4 Å². The number of unbranched alkanes of at least 4 members (excludes halogenated alkanes) is 3. The lowest BCUT2D eigenvalue weighted by atomic mass is 9.74. The van der Waals surface area contributed by atoms with Crippen molar-refractivity contribution < 1.29 is 78.3 Å². The maximum atomic E-state index is 13.6. The van der Waals surface area contributed by atoms with Crippen molar-refractivity contribution in [3.8, 4) is 0 Å². The van der Waals surface area contributed by atoms with Crippen LogP contribution in [0.4, 0.5) is 11.4 Å². The van der Waals surface area contributed by atoms with Gasteiger partial charge >= 0.3 is 0 Å². The number of nitrogens with zero attached hydrogens (tertiary/aromatic N) is 3. The highest BCUT2D eigenvalue weighted by Gasteiger charge is 2.47. The highest BCUT2D eigenvalue weighted by atomic mass is 32.3. The Labute approximate surface area is 423 Å². The van der Waals surface area contributed by atoms with Gasteiger partial charge in [0.15, 0.2) is 19.7 Å². The zero-order valence-corrected chi connectivity index (χ0v) is 45.6. The Morgan fingerprint density at radius 3 is 1.88 bits per heavy atom. The third-order valence-electron chi connectivity index (χ3n) is 13.1. The molecule has 0 aromatic heterocycles. The summed E-state index contributed by atoms with van der Waals surface area (Å²) < 4.78 is 182. The van der Waals surface area contributed by atoms with E-state index in [9.17, 15) is 78.3 Å². The molecule has 0 spiro atoms. The molecule has 0 fully saturated rings. The van der Waals surface area contributed by atoms with E-state index in [-0.39, 0.29) is 73.7 Å². The molecule has 22 nitrogen and oxygen atoms in total. The topological polar surface area (TPSA) is 356 Å². The summed E-state index contributed by atoms with van der Waals surface area (Å²) >= 11 is 0. The molecule has 2 aliphatic rings. The van der Waals surface area contributed by atoms with E-state index in [0.29, 0.717) is 60.1 Å². The van der Waals surface area contributed by atoms with E-state index in [1.165, 1.54) is 24.3 Å². The molecule has 2 aromatic carbocycles. The molecule has 2 heterocycles. The number of sulfone groups is 2. The molecule has 406 valence electrons. The minimum absolute atomic E-state index is 0.0243. The number of nitrogens with two attached hydrogens (primary N) is 1. The van der Waals surface area contributed by atoms with Crippen molar-refractivity contribution in [1.82, 2.24) is 4.90 Å². The summed E-state index contributed by atoms with van der Waals surface area (Å²) in [5.74, 6) is -2.27. The van der Waals surface area contributed by atoms with Gasteiger partial charge in [-0.15, -0.1) is 0 Å². The Balaban J connectivity index is 1.76. The van der Waals surface area contributed by atoms with Gasteiger partial charge in [0.25, 0.3) is 40.5 Å². The quantitative estimate of drug-likeness (QED) is 0.0602. The highest BCUT2D eigenvalue weighted by molar-refractivity contribution is 8.06. The third-order valence-corrected chi connectivity index (χ3v) is 20.3. The molecule has 4 rings (SSSR count). The maximum absolute atomic E-state index is 13.6. The zero-order chi connectivity index (χ0) is 54.5. The number of fused-ring (bicyclic) bond motifs is 2. The first-order valence-corrected chi connectivity index (χ1v) is 32.9. The highest BCUT2D eigenvalue weighted by Crippen LogP contribution is 2.51. The van der Waals surface area contributed by atoms with Crippen LogP contribution in [0, 0.1) is 0 Å². The van der Waals surface area contributed by atoms with Gasteiger partial charge in [0.2, 0.25) is 10.5 Å². The molecule has 3 atom stereocenters. The summed E-state index contributed by atoms with van der Waals surface area (Å²) in [5, 5.41) is 0. The number of anilines is 2. The van der Waals surface area contributed by atoms with Crippen molar-refractivity contribution in [1.29, 1.82) is 0 Å². The van der Waals surface area contributed by atoms with E-state index in [0.717, 1.165) is 11.2 Å². The standard InChI is InChI=1S/C44H66N4O18S6/c1-43(2)35-28-33(67(4,51)52)18-20-37(35)47(24-10-8-17-41(50)46(23-12-26-69(55,56)57)31-42(68(5,53)54)72(64,65)66)39(43)15-11-16-40-44(3,22-9-6-7-14-32(49)30-45)36-29-34(71(61,62)63)19-21-38(36)48(40)25-13-27-70(58,59)60/h11,15-16,18-21,28-29,40,42H,6-10,12-14,17,22-27,30-31,45H2,1-5H3,(H,55,56,57)(H,58,59,60)(H,61,62,63)(H,64,65,66)/b16-11+,39-15+. The first-order chi connectivity index (χ1) is 32.9. The van der Waals surface area contributed by atoms with Gasteiger partial charge in [-0.1, -0.05) is 45.8 Å². The summed E-state index contributed by atoms with van der Waals surface area (Å²) in [7, 11) is -27.0. The van der Waals surface area contributed by atoms with Crippen molar-refractivity contribution >= 4 is 83.2 Å². The smallest absolute Gasteiger partial charge is 0.294 e. The Hall–Kier alpha value is -3.84. The van der Waals surface area contributed by atoms with Crippen LogP contribution in [0.5, 0.6) is 0 Å². The fourth-order valence-electron chi connectivity index (χ4n) is 9.37. The lowest BCUT2D eigenvalue weighted by molar-refractivity contribution is -0.131. The average molecular weight is 1130 g/mol. The number of amides is 1. The summed E-state index contributed by atoms with van der Waals surface area (Å²) in [5.41, 5.74) is 6.76. The minimum atomic E-state index is -5.25. The molecule has 6 N–H and O–H groups in total. The van der Waals surface area contributed by atoms with Gasteiger partial charge in [0.05, 0.1) is 40.4 Å². The molecule has 1 amide bonds. The molecule has 72 heavy (non-hydrogen) atoms. The number of ketones is 1. The van der Waals surface area contributed by atoms with E-state index in [1.807, 2.05) is 42.7 Å². The normalized spacial score (nSPS) is 19.5. The summed E-state index contributed by atoms with van der Waals surface area (Å²) in [6.45, 7) is 4.37. The van der Waals surface area contributed by atoms with Crippen molar-refractivity contribution in [2.45, 2.75) is 116 Å². The van der Waals surface area contributed by atoms with Crippen LogP contribution < -0.4 is 15.5 Å². The fourth-order valence-corrected chi connectivity index (χ4v) is 14.1. The Morgan fingerprint density at radius 2 is 1.31 bits per heavy atom. The second-order valence-electron chi connectivity index (χ2n) is 19.0. The number of rotatable bonds is 28. The molecule has 2 aliphatic heterocycles. The monoisotopic (exact) mass is 1130 g/mol. The molecular formula is C44H66N4O18S6. The van der Waals surface area contributed by atoms with Gasteiger partial charge in [0.1, 0.15) is 5.78 Å². The summed E-state index contributed by atoms with van der Waals surface area (Å²) in [4.78, 5) is 29.8.